The van der Waals surface area contributed by atoms with Crippen LogP contribution in [-0.4, -0.2) is 12.9 Å². The van der Waals surface area contributed by atoms with Crippen molar-refractivity contribution in [1.29, 1.82) is 5.41 Å². The normalized spacial score (nSPS) is 10.3. The molecule has 0 aliphatic carbocycles. The maximum atomic E-state index is 13.8. The van der Waals surface area contributed by atoms with E-state index in [2.05, 4.69) is 0 Å². The summed E-state index contributed by atoms with van der Waals surface area (Å²) in [5.74, 6) is -0.721. The molecule has 0 unspecified atom stereocenters. The van der Waals surface area contributed by atoms with Crippen molar-refractivity contribution in [3.63, 3.8) is 0 Å². The SMILES string of the molecule is Cc1ccccc1CN(C)c1cccc(F)c1C(=N)N. The second-order valence-electron chi connectivity index (χ2n) is 4.83. The molecule has 3 nitrogen and oxygen atoms in total. The van der Waals surface area contributed by atoms with E-state index in [0.717, 1.165) is 5.56 Å². The van der Waals surface area contributed by atoms with Gasteiger partial charge in [-0.2, -0.15) is 0 Å². The number of aryl methyl sites for hydroxylation is 1. The van der Waals surface area contributed by atoms with Crippen LogP contribution < -0.4 is 10.6 Å². The smallest absolute Gasteiger partial charge is 0.136 e. The predicted molar refractivity (Wildman–Crippen MR) is 80.7 cm³/mol. The highest BCUT2D eigenvalue weighted by Gasteiger charge is 2.15. The summed E-state index contributed by atoms with van der Waals surface area (Å²) in [7, 11) is 1.87. The summed E-state index contributed by atoms with van der Waals surface area (Å²) in [6, 6.07) is 12.8. The number of nitrogens with two attached hydrogens (primary N) is 1. The molecule has 2 rings (SSSR count). The number of hydrogen-bond donors (Lipinski definition) is 2. The number of amidine groups is 1. The van der Waals surface area contributed by atoms with Gasteiger partial charge in [0.2, 0.25) is 0 Å². The predicted octanol–water partition coefficient (Wildman–Crippen LogP) is 3.05. The topological polar surface area (TPSA) is 53.1 Å². The first-order valence-corrected chi connectivity index (χ1v) is 6.39. The quantitative estimate of drug-likeness (QED) is 0.663. The standard InChI is InChI=1S/C16H18FN3/c1-11-6-3-4-7-12(11)10-20(2)14-9-5-8-13(17)15(14)16(18)19/h3-9H,10H2,1-2H3,(H3,18,19). The van der Waals surface area contributed by atoms with E-state index >= 15 is 0 Å². The number of nitrogens with zero attached hydrogens (tertiary/aromatic N) is 1. The summed E-state index contributed by atoms with van der Waals surface area (Å²) in [5.41, 5.74) is 8.62. The van der Waals surface area contributed by atoms with Crippen molar-refractivity contribution in [2.75, 3.05) is 11.9 Å². The lowest BCUT2D eigenvalue weighted by Crippen LogP contribution is -2.23. The van der Waals surface area contributed by atoms with E-state index in [0.29, 0.717) is 12.2 Å². The number of nitrogen functional groups attached to an aromatic ring is 1. The van der Waals surface area contributed by atoms with E-state index < -0.39 is 5.82 Å². The van der Waals surface area contributed by atoms with E-state index in [1.54, 1.807) is 12.1 Å². The van der Waals surface area contributed by atoms with Crippen molar-refractivity contribution < 1.29 is 4.39 Å². The zero-order valence-electron chi connectivity index (χ0n) is 11.7. The van der Waals surface area contributed by atoms with Crippen LogP contribution in [0.25, 0.3) is 0 Å². The molecular formula is C16H18FN3. The van der Waals surface area contributed by atoms with Gasteiger partial charge in [-0.1, -0.05) is 30.3 Å². The molecule has 0 atom stereocenters. The van der Waals surface area contributed by atoms with Gasteiger partial charge >= 0.3 is 0 Å². The van der Waals surface area contributed by atoms with Crippen molar-refractivity contribution in [2.24, 2.45) is 5.73 Å². The van der Waals surface area contributed by atoms with Crippen LogP contribution in [0, 0.1) is 18.2 Å². The minimum Gasteiger partial charge on any atom is -0.384 e. The highest BCUT2D eigenvalue weighted by atomic mass is 19.1. The average molecular weight is 271 g/mol. The fraction of sp³-hybridized carbons (Fsp3) is 0.188. The molecule has 0 fully saturated rings. The van der Waals surface area contributed by atoms with E-state index in [4.69, 9.17) is 11.1 Å². The molecule has 0 heterocycles. The minimum atomic E-state index is -0.466. The maximum Gasteiger partial charge on any atom is 0.136 e. The molecule has 0 aliphatic rings. The van der Waals surface area contributed by atoms with Crippen LogP contribution in [0.1, 0.15) is 16.7 Å². The van der Waals surface area contributed by atoms with E-state index in [1.807, 2.05) is 43.1 Å². The van der Waals surface area contributed by atoms with Crippen LogP contribution >= 0.6 is 0 Å². The first-order valence-electron chi connectivity index (χ1n) is 6.39. The Labute approximate surface area is 118 Å². The third kappa shape index (κ3) is 2.79. The Hall–Kier alpha value is -2.36. The molecule has 0 saturated heterocycles. The minimum absolute atomic E-state index is 0.156. The molecule has 4 heteroatoms. The zero-order chi connectivity index (χ0) is 14.7. The van der Waals surface area contributed by atoms with Crippen LogP contribution in [-0.2, 0) is 6.54 Å². The van der Waals surface area contributed by atoms with Crippen LogP contribution in [0.3, 0.4) is 0 Å². The van der Waals surface area contributed by atoms with Gasteiger partial charge in [0.1, 0.15) is 11.7 Å². The van der Waals surface area contributed by atoms with Gasteiger partial charge in [-0.15, -0.1) is 0 Å². The lowest BCUT2D eigenvalue weighted by molar-refractivity contribution is 0.624. The summed E-state index contributed by atoms with van der Waals surface area (Å²) in [5, 5.41) is 7.54. The Kier molecular flexibility index (Phi) is 4.03. The number of anilines is 1. The fourth-order valence-corrected chi connectivity index (χ4v) is 2.23. The third-order valence-electron chi connectivity index (χ3n) is 3.34. The fourth-order valence-electron chi connectivity index (χ4n) is 2.23. The molecular weight excluding hydrogens is 253 g/mol. The first-order chi connectivity index (χ1) is 9.50. The highest BCUT2D eigenvalue weighted by Crippen LogP contribution is 2.24. The Morgan fingerprint density at radius 1 is 1.20 bits per heavy atom. The van der Waals surface area contributed by atoms with Gasteiger partial charge in [0.05, 0.1) is 11.3 Å². The van der Waals surface area contributed by atoms with Gasteiger partial charge < -0.3 is 10.6 Å². The van der Waals surface area contributed by atoms with Gasteiger partial charge in [0.15, 0.2) is 0 Å². The zero-order valence-corrected chi connectivity index (χ0v) is 11.7. The molecule has 2 aromatic carbocycles. The van der Waals surface area contributed by atoms with Crippen molar-refractivity contribution >= 4 is 11.5 Å². The number of halogens is 1. The number of nitrogens with one attached hydrogen (secondary N) is 1. The Morgan fingerprint density at radius 3 is 2.55 bits per heavy atom. The molecule has 0 radical (unpaired) electrons. The lowest BCUT2D eigenvalue weighted by atomic mass is 10.1. The van der Waals surface area contributed by atoms with E-state index in [9.17, 15) is 4.39 Å². The van der Waals surface area contributed by atoms with Crippen LogP contribution in [0.15, 0.2) is 42.5 Å². The number of benzene rings is 2. The molecule has 3 N–H and O–H groups in total. The molecule has 20 heavy (non-hydrogen) atoms. The van der Waals surface area contributed by atoms with Gasteiger partial charge in [-0.3, -0.25) is 5.41 Å². The van der Waals surface area contributed by atoms with Crippen LogP contribution in [0.2, 0.25) is 0 Å². The van der Waals surface area contributed by atoms with Crippen molar-refractivity contribution in [3.8, 4) is 0 Å². The molecule has 2 aromatic rings. The van der Waals surface area contributed by atoms with Gasteiger partial charge in [-0.25, -0.2) is 4.39 Å². The monoisotopic (exact) mass is 271 g/mol. The Balaban J connectivity index is 2.35. The summed E-state index contributed by atoms with van der Waals surface area (Å²) in [6.07, 6.45) is 0. The summed E-state index contributed by atoms with van der Waals surface area (Å²) in [4.78, 5) is 1.90. The van der Waals surface area contributed by atoms with Crippen molar-refractivity contribution in [3.05, 3.63) is 65.0 Å². The van der Waals surface area contributed by atoms with Crippen molar-refractivity contribution in [2.45, 2.75) is 13.5 Å². The van der Waals surface area contributed by atoms with Gasteiger partial charge in [0, 0.05) is 13.6 Å². The second kappa shape index (κ2) is 5.74. The molecule has 0 aliphatic heterocycles. The van der Waals surface area contributed by atoms with Crippen LogP contribution in [0.5, 0.6) is 0 Å². The third-order valence-corrected chi connectivity index (χ3v) is 3.34. The maximum absolute atomic E-state index is 13.8. The van der Waals surface area contributed by atoms with Crippen LogP contribution in [0.4, 0.5) is 10.1 Å². The Morgan fingerprint density at radius 2 is 1.90 bits per heavy atom. The number of hydrogen-bond acceptors (Lipinski definition) is 2. The van der Waals surface area contributed by atoms with E-state index in [-0.39, 0.29) is 11.4 Å². The number of rotatable bonds is 4. The molecule has 0 aromatic heterocycles. The average Bonchev–Trinajstić information content (AvgIpc) is 2.40. The van der Waals surface area contributed by atoms with Gasteiger partial charge in [-0.05, 0) is 30.2 Å². The summed E-state index contributed by atoms with van der Waals surface area (Å²) < 4.78 is 13.8. The van der Waals surface area contributed by atoms with Gasteiger partial charge in [0.25, 0.3) is 0 Å². The second-order valence-corrected chi connectivity index (χ2v) is 4.83. The summed E-state index contributed by atoms with van der Waals surface area (Å²) in [6.45, 7) is 2.68. The molecule has 0 bridgehead atoms. The first kappa shape index (κ1) is 14.1. The summed E-state index contributed by atoms with van der Waals surface area (Å²) >= 11 is 0. The molecule has 0 saturated carbocycles. The molecule has 0 amide bonds. The van der Waals surface area contributed by atoms with Crippen molar-refractivity contribution in [1.82, 2.24) is 0 Å². The molecule has 104 valence electrons. The molecule has 0 spiro atoms. The largest absolute Gasteiger partial charge is 0.384 e. The lowest BCUT2D eigenvalue weighted by Gasteiger charge is -2.23. The highest BCUT2D eigenvalue weighted by molar-refractivity contribution is 6.00. The Bertz CT molecular complexity index is 637. The van der Waals surface area contributed by atoms with E-state index in [1.165, 1.54) is 11.6 Å².